The summed E-state index contributed by atoms with van der Waals surface area (Å²) in [4.78, 5) is 15.5. The predicted octanol–water partition coefficient (Wildman–Crippen LogP) is 1.07. The van der Waals surface area contributed by atoms with Gasteiger partial charge in [0.05, 0.1) is 6.04 Å². The molecule has 4 nitrogen and oxygen atoms in total. The van der Waals surface area contributed by atoms with Crippen molar-refractivity contribution in [2.24, 2.45) is 11.7 Å². The van der Waals surface area contributed by atoms with Crippen molar-refractivity contribution in [1.29, 1.82) is 0 Å². The minimum absolute atomic E-state index is 0.0921. The number of hydrogen-bond acceptors (Lipinski definition) is 3. The van der Waals surface area contributed by atoms with E-state index in [2.05, 4.69) is 24.1 Å². The summed E-state index contributed by atoms with van der Waals surface area (Å²) in [5.41, 5.74) is 6.79. The molecular weight excluding hydrogens is 202 g/mol. The molecule has 0 saturated carbocycles. The van der Waals surface area contributed by atoms with Crippen LogP contribution in [0.1, 0.15) is 25.8 Å². The average Bonchev–Trinajstić information content (AvgIpc) is 2.26. The molecule has 0 fully saturated rings. The molecule has 16 heavy (non-hydrogen) atoms. The molecule has 0 aliphatic carbocycles. The highest BCUT2D eigenvalue weighted by Gasteiger charge is 2.14. The molecule has 0 radical (unpaired) electrons. The fourth-order valence-corrected chi connectivity index (χ4v) is 1.44. The molecule has 0 saturated heterocycles. The normalized spacial score (nSPS) is 12.5. The third-order valence-corrected chi connectivity index (χ3v) is 2.28. The zero-order valence-corrected chi connectivity index (χ0v) is 9.81. The van der Waals surface area contributed by atoms with Crippen molar-refractivity contribution in [2.75, 3.05) is 0 Å². The first-order chi connectivity index (χ1) is 7.59. The fraction of sp³-hybridized carbons (Fsp3) is 0.500. The van der Waals surface area contributed by atoms with Crippen LogP contribution in [-0.2, 0) is 11.3 Å². The van der Waals surface area contributed by atoms with Crippen LogP contribution in [0.5, 0.6) is 0 Å². The van der Waals surface area contributed by atoms with E-state index >= 15 is 0 Å². The lowest BCUT2D eigenvalue weighted by molar-refractivity contribution is -0.122. The zero-order valence-electron chi connectivity index (χ0n) is 9.81. The molecule has 1 aromatic rings. The van der Waals surface area contributed by atoms with E-state index in [1.807, 2.05) is 12.1 Å². The van der Waals surface area contributed by atoms with Crippen LogP contribution in [0.25, 0.3) is 0 Å². The van der Waals surface area contributed by atoms with Gasteiger partial charge in [-0.05, 0) is 30.0 Å². The number of pyridine rings is 1. The molecule has 0 aromatic carbocycles. The lowest BCUT2D eigenvalue weighted by Crippen LogP contribution is -2.41. The van der Waals surface area contributed by atoms with Crippen LogP contribution in [0.2, 0.25) is 0 Å². The highest BCUT2D eigenvalue weighted by molar-refractivity contribution is 5.81. The summed E-state index contributed by atoms with van der Waals surface area (Å²) in [5, 5.41) is 2.81. The third kappa shape index (κ3) is 4.40. The Morgan fingerprint density at radius 1 is 1.44 bits per heavy atom. The van der Waals surface area contributed by atoms with Crippen molar-refractivity contribution in [3.63, 3.8) is 0 Å². The highest BCUT2D eigenvalue weighted by Crippen LogP contribution is 2.03. The average molecular weight is 221 g/mol. The van der Waals surface area contributed by atoms with E-state index in [-0.39, 0.29) is 5.91 Å². The molecule has 1 heterocycles. The molecule has 88 valence electrons. The lowest BCUT2D eigenvalue weighted by Gasteiger charge is -2.13. The van der Waals surface area contributed by atoms with Crippen molar-refractivity contribution in [3.8, 4) is 0 Å². The molecule has 3 N–H and O–H groups in total. The van der Waals surface area contributed by atoms with E-state index in [1.165, 1.54) is 0 Å². The van der Waals surface area contributed by atoms with E-state index in [0.29, 0.717) is 18.9 Å². The van der Waals surface area contributed by atoms with Gasteiger partial charge in [-0.15, -0.1) is 0 Å². The molecule has 1 amide bonds. The zero-order chi connectivity index (χ0) is 12.0. The molecule has 0 spiro atoms. The van der Waals surface area contributed by atoms with Gasteiger partial charge in [-0.3, -0.25) is 9.78 Å². The summed E-state index contributed by atoms with van der Waals surface area (Å²) < 4.78 is 0. The number of nitrogens with two attached hydrogens (primary N) is 1. The van der Waals surface area contributed by atoms with E-state index in [4.69, 9.17) is 5.73 Å². The Labute approximate surface area is 96.3 Å². The molecule has 1 rings (SSSR count). The topological polar surface area (TPSA) is 68.0 Å². The molecular formula is C12H19N3O. The number of amides is 1. The number of rotatable bonds is 5. The molecule has 0 unspecified atom stereocenters. The summed E-state index contributed by atoms with van der Waals surface area (Å²) in [6.07, 6.45) is 4.12. The van der Waals surface area contributed by atoms with Gasteiger partial charge >= 0.3 is 0 Å². The van der Waals surface area contributed by atoms with E-state index in [1.54, 1.807) is 12.4 Å². The maximum atomic E-state index is 11.6. The second-order valence-electron chi connectivity index (χ2n) is 4.31. The second-order valence-corrected chi connectivity index (χ2v) is 4.31. The summed E-state index contributed by atoms with van der Waals surface area (Å²) in [6.45, 7) is 4.61. The number of carbonyl (C=O) groups excluding carboxylic acids is 1. The predicted molar refractivity (Wildman–Crippen MR) is 63.5 cm³/mol. The molecule has 0 bridgehead atoms. The monoisotopic (exact) mass is 221 g/mol. The Balaban J connectivity index is 2.35. The number of carbonyl (C=O) groups is 1. The summed E-state index contributed by atoms with van der Waals surface area (Å²) in [6, 6.07) is 3.32. The standard InChI is InChI=1S/C12H19N3O/c1-9(2)7-11(13)12(16)15-8-10-3-5-14-6-4-10/h3-6,9,11H,7-8,13H2,1-2H3,(H,15,16)/t11-/m1/s1. The second kappa shape index (κ2) is 6.23. The molecule has 1 atom stereocenters. The molecule has 0 aliphatic heterocycles. The Kier molecular flexibility index (Phi) is 4.92. The van der Waals surface area contributed by atoms with Gasteiger partial charge in [0.15, 0.2) is 0 Å². The van der Waals surface area contributed by atoms with Gasteiger partial charge in [0.25, 0.3) is 0 Å². The van der Waals surface area contributed by atoms with E-state index in [9.17, 15) is 4.79 Å². The van der Waals surface area contributed by atoms with Gasteiger partial charge in [0.1, 0.15) is 0 Å². The molecule has 4 heteroatoms. The number of nitrogens with one attached hydrogen (secondary N) is 1. The Morgan fingerprint density at radius 2 is 2.06 bits per heavy atom. The van der Waals surface area contributed by atoms with Crippen molar-refractivity contribution >= 4 is 5.91 Å². The van der Waals surface area contributed by atoms with Crippen LogP contribution in [-0.4, -0.2) is 16.9 Å². The Morgan fingerprint density at radius 3 is 2.62 bits per heavy atom. The third-order valence-electron chi connectivity index (χ3n) is 2.28. The van der Waals surface area contributed by atoms with Crippen LogP contribution in [0.4, 0.5) is 0 Å². The van der Waals surface area contributed by atoms with E-state index < -0.39 is 6.04 Å². The van der Waals surface area contributed by atoms with Crippen LogP contribution in [0.3, 0.4) is 0 Å². The summed E-state index contributed by atoms with van der Waals surface area (Å²) in [7, 11) is 0. The van der Waals surface area contributed by atoms with Crippen LogP contribution >= 0.6 is 0 Å². The van der Waals surface area contributed by atoms with Gasteiger partial charge < -0.3 is 11.1 Å². The van der Waals surface area contributed by atoms with Gasteiger partial charge in [-0.25, -0.2) is 0 Å². The van der Waals surface area contributed by atoms with Gasteiger partial charge in [-0.2, -0.15) is 0 Å². The van der Waals surface area contributed by atoms with E-state index in [0.717, 1.165) is 5.56 Å². The summed E-state index contributed by atoms with van der Waals surface area (Å²) >= 11 is 0. The molecule has 0 aliphatic rings. The van der Waals surface area contributed by atoms with Crippen LogP contribution in [0, 0.1) is 5.92 Å². The number of hydrogen-bond donors (Lipinski definition) is 2. The SMILES string of the molecule is CC(C)C[C@@H](N)C(=O)NCc1ccncc1. The van der Waals surface area contributed by atoms with Crippen molar-refractivity contribution in [3.05, 3.63) is 30.1 Å². The first-order valence-corrected chi connectivity index (χ1v) is 5.51. The van der Waals surface area contributed by atoms with Crippen LogP contribution < -0.4 is 11.1 Å². The minimum atomic E-state index is -0.415. The van der Waals surface area contributed by atoms with Crippen LogP contribution in [0.15, 0.2) is 24.5 Å². The van der Waals surface area contributed by atoms with Gasteiger partial charge in [-0.1, -0.05) is 13.8 Å². The van der Waals surface area contributed by atoms with Crippen molar-refractivity contribution in [1.82, 2.24) is 10.3 Å². The van der Waals surface area contributed by atoms with Gasteiger partial charge in [0.2, 0.25) is 5.91 Å². The number of nitrogens with zero attached hydrogens (tertiary/aromatic N) is 1. The maximum absolute atomic E-state index is 11.6. The first kappa shape index (κ1) is 12.6. The Bertz CT molecular complexity index is 324. The van der Waals surface area contributed by atoms with Crippen molar-refractivity contribution < 1.29 is 4.79 Å². The van der Waals surface area contributed by atoms with Gasteiger partial charge in [0, 0.05) is 18.9 Å². The number of aromatic nitrogens is 1. The maximum Gasteiger partial charge on any atom is 0.237 e. The quantitative estimate of drug-likeness (QED) is 0.781. The lowest BCUT2D eigenvalue weighted by atomic mass is 10.0. The Hall–Kier alpha value is -1.42. The summed E-state index contributed by atoms with van der Waals surface area (Å²) in [5.74, 6) is 0.340. The largest absolute Gasteiger partial charge is 0.351 e. The fourth-order valence-electron chi connectivity index (χ4n) is 1.44. The minimum Gasteiger partial charge on any atom is -0.351 e. The highest BCUT2D eigenvalue weighted by atomic mass is 16.2. The molecule has 1 aromatic heterocycles. The first-order valence-electron chi connectivity index (χ1n) is 5.51. The smallest absolute Gasteiger partial charge is 0.237 e. The van der Waals surface area contributed by atoms with Crippen molar-refractivity contribution in [2.45, 2.75) is 32.9 Å².